The third kappa shape index (κ3) is 2.17. The van der Waals surface area contributed by atoms with E-state index >= 15 is 0 Å². The van der Waals surface area contributed by atoms with Crippen molar-refractivity contribution in [2.45, 2.75) is 43.9 Å². The number of nitrogens with zero attached hydrogens (tertiary/aromatic N) is 2. The van der Waals surface area contributed by atoms with Crippen molar-refractivity contribution in [3.8, 4) is 0 Å². The molecule has 2 aliphatic rings. The van der Waals surface area contributed by atoms with Gasteiger partial charge in [-0.25, -0.2) is 4.98 Å². The second kappa shape index (κ2) is 4.79. The lowest BCUT2D eigenvalue weighted by atomic mass is 9.99. The molecule has 1 aromatic heterocycles. The zero-order chi connectivity index (χ0) is 13.4. The number of carbonyl (C=O) groups is 1. The number of anilines is 1. The van der Waals surface area contributed by atoms with E-state index in [0.29, 0.717) is 24.2 Å². The average Bonchev–Trinajstić information content (AvgIpc) is 2.70. The van der Waals surface area contributed by atoms with Gasteiger partial charge in [0.2, 0.25) is 0 Å². The van der Waals surface area contributed by atoms with E-state index in [-0.39, 0.29) is 24.1 Å². The highest BCUT2D eigenvalue weighted by molar-refractivity contribution is 5.93. The molecule has 6 nitrogen and oxygen atoms in total. The molecule has 0 saturated carbocycles. The Morgan fingerprint density at radius 1 is 1.37 bits per heavy atom. The summed E-state index contributed by atoms with van der Waals surface area (Å²) < 4.78 is 0. The van der Waals surface area contributed by atoms with Crippen LogP contribution in [0.25, 0.3) is 0 Å². The van der Waals surface area contributed by atoms with Crippen molar-refractivity contribution in [1.82, 2.24) is 9.88 Å². The van der Waals surface area contributed by atoms with Gasteiger partial charge < -0.3 is 15.4 Å². The highest BCUT2D eigenvalue weighted by Gasteiger charge is 2.43. The number of carbonyl (C=O) groups excluding carboxylic acids is 1. The predicted molar refractivity (Wildman–Crippen MR) is 70.3 cm³/mol. The van der Waals surface area contributed by atoms with Crippen molar-refractivity contribution in [2.75, 3.05) is 5.43 Å². The minimum atomic E-state index is -0.265. The second-order valence-electron chi connectivity index (χ2n) is 5.30. The van der Waals surface area contributed by atoms with E-state index in [1.807, 2.05) is 4.90 Å². The Balaban J connectivity index is 1.80. The minimum Gasteiger partial charge on any atom is -0.393 e. The van der Waals surface area contributed by atoms with E-state index in [2.05, 4.69) is 10.4 Å². The van der Waals surface area contributed by atoms with Gasteiger partial charge in [-0.1, -0.05) is 0 Å². The van der Waals surface area contributed by atoms with Crippen LogP contribution in [-0.2, 0) is 0 Å². The summed E-state index contributed by atoms with van der Waals surface area (Å²) in [6.07, 6.45) is 4.62. The van der Waals surface area contributed by atoms with Crippen LogP contribution in [0.5, 0.6) is 0 Å². The van der Waals surface area contributed by atoms with Crippen molar-refractivity contribution in [3.63, 3.8) is 0 Å². The van der Waals surface area contributed by atoms with E-state index in [1.165, 1.54) is 0 Å². The number of amides is 1. The first kappa shape index (κ1) is 12.4. The van der Waals surface area contributed by atoms with Crippen LogP contribution >= 0.6 is 0 Å². The number of aliphatic hydroxyl groups is 1. The van der Waals surface area contributed by atoms with Crippen LogP contribution in [0.3, 0.4) is 0 Å². The van der Waals surface area contributed by atoms with E-state index in [4.69, 9.17) is 5.84 Å². The minimum absolute atomic E-state index is 0.0389. The Morgan fingerprint density at radius 2 is 2.05 bits per heavy atom. The van der Waals surface area contributed by atoms with Crippen LogP contribution in [0.4, 0.5) is 5.69 Å². The number of hydrogen-bond donors (Lipinski definition) is 3. The monoisotopic (exact) mass is 262 g/mol. The fraction of sp³-hybridized carbons (Fsp3) is 0.538. The summed E-state index contributed by atoms with van der Waals surface area (Å²) in [5, 5.41) is 9.75. The zero-order valence-corrected chi connectivity index (χ0v) is 10.6. The van der Waals surface area contributed by atoms with Gasteiger partial charge in [-0.15, -0.1) is 0 Å². The van der Waals surface area contributed by atoms with Crippen LogP contribution in [0.1, 0.15) is 36.2 Å². The molecule has 1 amide bonds. The molecule has 2 atom stereocenters. The summed E-state index contributed by atoms with van der Waals surface area (Å²) >= 11 is 0. The number of rotatable bonds is 2. The SMILES string of the molecule is NNc1ccc(C(=O)N2C3CCC2CC(O)C3)nc1. The van der Waals surface area contributed by atoms with Crippen molar-refractivity contribution in [2.24, 2.45) is 5.84 Å². The fourth-order valence-corrected chi connectivity index (χ4v) is 3.22. The Kier molecular flexibility index (Phi) is 3.12. The molecular formula is C13H18N4O2. The van der Waals surface area contributed by atoms with E-state index in [9.17, 15) is 9.90 Å². The topological polar surface area (TPSA) is 91.5 Å². The van der Waals surface area contributed by atoms with Gasteiger partial charge in [0.1, 0.15) is 5.69 Å². The molecule has 2 aliphatic heterocycles. The van der Waals surface area contributed by atoms with Gasteiger partial charge in [0.15, 0.2) is 0 Å². The molecule has 2 bridgehead atoms. The van der Waals surface area contributed by atoms with Crippen molar-refractivity contribution >= 4 is 11.6 Å². The van der Waals surface area contributed by atoms with Gasteiger partial charge in [-0.3, -0.25) is 10.6 Å². The van der Waals surface area contributed by atoms with Gasteiger partial charge in [0.25, 0.3) is 5.91 Å². The summed E-state index contributed by atoms with van der Waals surface area (Å²) in [7, 11) is 0. The molecule has 0 aliphatic carbocycles. The molecule has 3 rings (SSSR count). The summed E-state index contributed by atoms with van der Waals surface area (Å²) in [5.41, 5.74) is 3.60. The molecule has 0 spiro atoms. The van der Waals surface area contributed by atoms with Crippen LogP contribution in [0, 0.1) is 0 Å². The lowest BCUT2D eigenvalue weighted by Crippen LogP contribution is -2.48. The quantitative estimate of drug-likeness (QED) is 0.533. The first-order chi connectivity index (χ1) is 9.19. The van der Waals surface area contributed by atoms with Crippen LogP contribution in [-0.4, -0.2) is 39.1 Å². The smallest absolute Gasteiger partial charge is 0.272 e. The molecule has 19 heavy (non-hydrogen) atoms. The van der Waals surface area contributed by atoms with Crippen molar-refractivity contribution < 1.29 is 9.90 Å². The normalized spacial score (nSPS) is 29.4. The lowest BCUT2D eigenvalue weighted by molar-refractivity contribution is 0.0282. The molecule has 4 N–H and O–H groups in total. The fourth-order valence-electron chi connectivity index (χ4n) is 3.22. The summed E-state index contributed by atoms with van der Waals surface area (Å²) in [5.74, 6) is 5.24. The molecule has 2 unspecified atom stereocenters. The van der Waals surface area contributed by atoms with Crippen LogP contribution < -0.4 is 11.3 Å². The van der Waals surface area contributed by atoms with Gasteiger partial charge in [-0.05, 0) is 37.8 Å². The molecule has 2 fully saturated rings. The Morgan fingerprint density at radius 3 is 2.58 bits per heavy atom. The number of nitrogens with two attached hydrogens (primary N) is 1. The second-order valence-corrected chi connectivity index (χ2v) is 5.30. The van der Waals surface area contributed by atoms with Crippen molar-refractivity contribution in [3.05, 3.63) is 24.0 Å². The van der Waals surface area contributed by atoms with E-state index < -0.39 is 0 Å². The third-order valence-electron chi connectivity index (χ3n) is 4.09. The largest absolute Gasteiger partial charge is 0.393 e. The van der Waals surface area contributed by atoms with Gasteiger partial charge in [0.05, 0.1) is 18.0 Å². The molecule has 1 aromatic rings. The highest BCUT2D eigenvalue weighted by Crippen LogP contribution is 2.36. The standard InChI is InChI=1S/C13H18N4O2/c14-16-8-1-4-12(15-7-8)13(19)17-9-2-3-10(17)6-11(18)5-9/h1,4,7,9-11,16,18H,2-3,5-6,14H2. The Hall–Kier alpha value is -1.66. The summed E-state index contributed by atoms with van der Waals surface area (Å²) in [4.78, 5) is 18.5. The molecule has 3 heterocycles. The number of aliphatic hydroxyl groups excluding tert-OH is 1. The van der Waals surface area contributed by atoms with Gasteiger partial charge in [0, 0.05) is 12.1 Å². The van der Waals surface area contributed by atoms with E-state index in [0.717, 1.165) is 12.8 Å². The van der Waals surface area contributed by atoms with Crippen LogP contribution in [0.15, 0.2) is 18.3 Å². The molecule has 0 radical (unpaired) electrons. The van der Waals surface area contributed by atoms with E-state index in [1.54, 1.807) is 18.3 Å². The lowest BCUT2D eigenvalue weighted by Gasteiger charge is -2.37. The number of hydrogen-bond acceptors (Lipinski definition) is 5. The summed E-state index contributed by atoms with van der Waals surface area (Å²) in [6, 6.07) is 3.74. The maximum atomic E-state index is 12.5. The third-order valence-corrected chi connectivity index (χ3v) is 4.09. The molecule has 6 heteroatoms. The number of nitrogen functional groups attached to an aromatic ring is 1. The Bertz CT molecular complexity index is 462. The van der Waals surface area contributed by atoms with Crippen LogP contribution in [0.2, 0.25) is 0 Å². The van der Waals surface area contributed by atoms with Gasteiger partial charge in [-0.2, -0.15) is 0 Å². The number of piperidine rings is 1. The number of aromatic nitrogens is 1. The first-order valence-electron chi connectivity index (χ1n) is 6.62. The number of nitrogens with one attached hydrogen (secondary N) is 1. The highest BCUT2D eigenvalue weighted by atomic mass is 16.3. The molecule has 0 aromatic carbocycles. The van der Waals surface area contributed by atoms with Gasteiger partial charge >= 0.3 is 0 Å². The molecular weight excluding hydrogens is 244 g/mol. The molecule has 102 valence electrons. The zero-order valence-electron chi connectivity index (χ0n) is 10.6. The maximum absolute atomic E-state index is 12.5. The number of hydrazine groups is 1. The first-order valence-corrected chi connectivity index (χ1v) is 6.62. The number of fused-ring (bicyclic) bond motifs is 2. The molecule has 2 saturated heterocycles. The maximum Gasteiger partial charge on any atom is 0.272 e. The average molecular weight is 262 g/mol. The van der Waals surface area contributed by atoms with Crippen molar-refractivity contribution in [1.29, 1.82) is 0 Å². The predicted octanol–water partition coefficient (Wildman–Crippen LogP) is 0.495. The summed E-state index contributed by atoms with van der Waals surface area (Å²) in [6.45, 7) is 0. The number of pyridine rings is 1. The Labute approximate surface area is 111 Å².